The SMILES string of the molecule is COc1ccc(C(CN)N2CC(C)C(N(C)C)C2)cc1C. The van der Waals surface area contributed by atoms with E-state index in [-0.39, 0.29) is 0 Å². The van der Waals surface area contributed by atoms with Gasteiger partial charge in [-0.3, -0.25) is 4.90 Å². The first-order valence-corrected chi connectivity index (χ1v) is 7.73. The predicted molar refractivity (Wildman–Crippen MR) is 87.7 cm³/mol. The predicted octanol–water partition coefficient (Wildman–Crippen LogP) is 1.89. The molecule has 3 atom stereocenters. The van der Waals surface area contributed by atoms with Crippen molar-refractivity contribution in [3.63, 3.8) is 0 Å². The molecule has 1 aromatic rings. The average molecular weight is 291 g/mol. The molecule has 21 heavy (non-hydrogen) atoms. The zero-order valence-corrected chi connectivity index (χ0v) is 14.0. The van der Waals surface area contributed by atoms with Crippen LogP contribution in [0.3, 0.4) is 0 Å². The molecule has 0 aliphatic carbocycles. The van der Waals surface area contributed by atoms with Gasteiger partial charge in [0.25, 0.3) is 0 Å². The number of benzene rings is 1. The molecule has 0 saturated carbocycles. The molecule has 3 unspecified atom stereocenters. The van der Waals surface area contributed by atoms with Crippen LogP contribution in [0.1, 0.15) is 24.1 Å². The van der Waals surface area contributed by atoms with Crippen molar-refractivity contribution < 1.29 is 4.74 Å². The minimum Gasteiger partial charge on any atom is -0.496 e. The highest BCUT2D eigenvalue weighted by Gasteiger charge is 2.34. The number of nitrogens with zero attached hydrogens (tertiary/aromatic N) is 2. The summed E-state index contributed by atoms with van der Waals surface area (Å²) in [6.07, 6.45) is 0. The van der Waals surface area contributed by atoms with Crippen molar-refractivity contribution in [2.45, 2.75) is 25.9 Å². The van der Waals surface area contributed by atoms with Crippen LogP contribution >= 0.6 is 0 Å². The van der Waals surface area contributed by atoms with Crippen molar-refractivity contribution in [1.29, 1.82) is 0 Å². The molecule has 0 radical (unpaired) electrons. The summed E-state index contributed by atoms with van der Waals surface area (Å²) >= 11 is 0. The molecule has 1 fully saturated rings. The van der Waals surface area contributed by atoms with Crippen LogP contribution < -0.4 is 10.5 Å². The molecular weight excluding hydrogens is 262 g/mol. The normalized spacial score (nSPS) is 24.5. The maximum atomic E-state index is 6.09. The Morgan fingerprint density at radius 3 is 2.57 bits per heavy atom. The van der Waals surface area contributed by atoms with Gasteiger partial charge in [0.05, 0.1) is 7.11 Å². The zero-order chi connectivity index (χ0) is 15.6. The Balaban J connectivity index is 2.19. The summed E-state index contributed by atoms with van der Waals surface area (Å²) in [4.78, 5) is 4.86. The van der Waals surface area contributed by atoms with Gasteiger partial charge in [0.2, 0.25) is 0 Å². The first kappa shape index (κ1) is 16.3. The van der Waals surface area contributed by atoms with E-state index in [4.69, 9.17) is 10.5 Å². The van der Waals surface area contributed by atoms with Crippen LogP contribution in [-0.4, -0.2) is 56.7 Å². The van der Waals surface area contributed by atoms with Gasteiger partial charge in [0.15, 0.2) is 0 Å². The van der Waals surface area contributed by atoms with E-state index in [1.807, 2.05) is 0 Å². The fourth-order valence-corrected chi connectivity index (χ4v) is 3.52. The number of rotatable bonds is 5. The van der Waals surface area contributed by atoms with Gasteiger partial charge >= 0.3 is 0 Å². The molecular formula is C17H29N3O. The Labute approximate surface area is 128 Å². The summed E-state index contributed by atoms with van der Waals surface area (Å²) in [6.45, 7) is 7.26. The summed E-state index contributed by atoms with van der Waals surface area (Å²) in [7, 11) is 6.05. The highest BCUT2D eigenvalue weighted by molar-refractivity contribution is 5.37. The smallest absolute Gasteiger partial charge is 0.121 e. The maximum absolute atomic E-state index is 6.09. The molecule has 1 aliphatic rings. The van der Waals surface area contributed by atoms with Crippen molar-refractivity contribution in [3.8, 4) is 5.75 Å². The van der Waals surface area contributed by atoms with Gasteiger partial charge in [-0.25, -0.2) is 0 Å². The molecule has 0 aromatic heterocycles. The van der Waals surface area contributed by atoms with E-state index in [1.165, 1.54) is 11.1 Å². The van der Waals surface area contributed by atoms with E-state index in [1.54, 1.807) is 7.11 Å². The molecule has 1 aromatic carbocycles. The van der Waals surface area contributed by atoms with Crippen LogP contribution in [0, 0.1) is 12.8 Å². The average Bonchev–Trinajstić information content (AvgIpc) is 2.82. The molecule has 0 amide bonds. The van der Waals surface area contributed by atoms with Gasteiger partial charge in [-0.1, -0.05) is 19.1 Å². The first-order chi connectivity index (χ1) is 9.97. The second-order valence-corrected chi connectivity index (χ2v) is 6.44. The van der Waals surface area contributed by atoms with E-state index < -0.39 is 0 Å². The number of aryl methyl sites for hydroxylation is 1. The third kappa shape index (κ3) is 3.39. The van der Waals surface area contributed by atoms with Gasteiger partial charge in [0.1, 0.15) is 5.75 Å². The molecule has 1 heterocycles. The van der Waals surface area contributed by atoms with Crippen LogP contribution in [0.5, 0.6) is 5.75 Å². The summed E-state index contributed by atoms with van der Waals surface area (Å²) in [6, 6.07) is 7.32. The topological polar surface area (TPSA) is 41.7 Å². The molecule has 1 aliphatic heterocycles. The maximum Gasteiger partial charge on any atom is 0.121 e. The van der Waals surface area contributed by atoms with E-state index >= 15 is 0 Å². The number of nitrogens with two attached hydrogens (primary N) is 1. The van der Waals surface area contributed by atoms with Gasteiger partial charge in [-0.15, -0.1) is 0 Å². The summed E-state index contributed by atoms with van der Waals surface area (Å²) < 4.78 is 5.35. The van der Waals surface area contributed by atoms with Crippen molar-refractivity contribution in [3.05, 3.63) is 29.3 Å². The van der Waals surface area contributed by atoms with Crippen LogP contribution in [0.15, 0.2) is 18.2 Å². The molecule has 0 bridgehead atoms. The third-order valence-electron chi connectivity index (χ3n) is 4.73. The van der Waals surface area contributed by atoms with Crippen LogP contribution in [0.2, 0.25) is 0 Å². The number of ether oxygens (including phenoxy) is 1. The minimum absolute atomic E-state index is 0.294. The zero-order valence-electron chi connectivity index (χ0n) is 14.0. The van der Waals surface area contributed by atoms with E-state index in [0.717, 1.165) is 18.8 Å². The lowest BCUT2D eigenvalue weighted by molar-refractivity contribution is 0.219. The Hall–Kier alpha value is -1.10. The highest BCUT2D eigenvalue weighted by atomic mass is 16.5. The second-order valence-electron chi connectivity index (χ2n) is 6.44. The van der Waals surface area contributed by atoms with Crippen LogP contribution in [0.25, 0.3) is 0 Å². The first-order valence-electron chi connectivity index (χ1n) is 7.73. The number of hydrogen-bond acceptors (Lipinski definition) is 4. The second kappa shape index (κ2) is 6.77. The number of likely N-dealkylation sites (N-methyl/N-ethyl adjacent to an activating group) is 1. The lowest BCUT2D eigenvalue weighted by Crippen LogP contribution is -2.36. The quantitative estimate of drug-likeness (QED) is 0.899. The molecule has 118 valence electrons. The molecule has 1 saturated heterocycles. The Morgan fingerprint density at radius 1 is 1.38 bits per heavy atom. The minimum atomic E-state index is 0.294. The number of methoxy groups -OCH3 is 1. The largest absolute Gasteiger partial charge is 0.496 e. The van der Waals surface area contributed by atoms with Crippen molar-refractivity contribution in [2.75, 3.05) is 40.8 Å². The Morgan fingerprint density at radius 2 is 2.10 bits per heavy atom. The summed E-state index contributed by atoms with van der Waals surface area (Å²) in [5.41, 5.74) is 8.55. The van der Waals surface area contributed by atoms with Crippen molar-refractivity contribution in [1.82, 2.24) is 9.80 Å². The molecule has 4 nitrogen and oxygen atoms in total. The van der Waals surface area contributed by atoms with Crippen LogP contribution in [-0.2, 0) is 0 Å². The fourth-order valence-electron chi connectivity index (χ4n) is 3.52. The van der Waals surface area contributed by atoms with Crippen LogP contribution in [0.4, 0.5) is 0 Å². The summed E-state index contributed by atoms with van der Waals surface area (Å²) in [5, 5.41) is 0. The van der Waals surface area contributed by atoms with Crippen molar-refractivity contribution >= 4 is 0 Å². The molecule has 2 N–H and O–H groups in total. The van der Waals surface area contributed by atoms with E-state index in [2.05, 4.69) is 55.9 Å². The van der Waals surface area contributed by atoms with E-state index in [9.17, 15) is 0 Å². The Bertz CT molecular complexity index is 475. The standard InChI is InChI=1S/C17H29N3O/c1-12-8-14(6-7-17(12)21-5)15(9-18)20-10-13(2)16(11-20)19(3)4/h6-8,13,15-16H,9-11,18H2,1-5H3. The van der Waals surface area contributed by atoms with Gasteiger partial charge in [-0.05, 0) is 44.1 Å². The fraction of sp³-hybridized carbons (Fsp3) is 0.647. The monoisotopic (exact) mass is 291 g/mol. The Kier molecular flexibility index (Phi) is 5.25. The van der Waals surface area contributed by atoms with Gasteiger partial charge in [0, 0.05) is 31.7 Å². The third-order valence-corrected chi connectivity index (χ3v) is 4.73. The van der Waals surface area contributed by atoms with Gasteiger partial charge in [-0.2, -0.15) is 0 Å². The highest BCUT2D eigenvalue weighted by Crippen LogP contribution is 2.31. The molecule has 4 heteroatoms. The summed E-state index contributed by atoms with van der Waals surface area (Å²) in [5.74, 6) is 1.61. The lowest BCUT2D eigenvalue weighted by atomic mass is 10.0. The molecule has 2 rings (SSSR count). The number of hydrogen-bond donors (Lipinski definition) is 1. The van der Waals surface area contributed by atoms with Gasteiger partial charge < -0.3 is 15.4 Å². The molecule has 0 spiro atoms. The lowest BCUT2D eigenvalue weighted by Gasteiger charge is -2.28. The van der Waals surface area contributed by atoms with E-state index in [0.29, 0.717) is 24.5 Å². The van der Waals surface area contributed by atoms with Crippen molar-refractivity contribution in [2.24, 2.45) is 11.7 Å². The number of likely N-dealkylation sites (tertiary alicyclic amines) is 1.